The molecule has 1 atom stereocenters. The van der Waals surface area contributed by atoms with Crippen molar-refractivity contribution in [2.75, 3.05) is 0 Å². The number of carbonyl (C=O) groups excluding carboxylic acids is 1. The summed E-state index contributed by atoms with van der Waals surface area (Å²) < 4.78 is 16.2. The molecule has 0 amide bonds. The van der Waals surface area contributed by atoms with Crippen molar-refractivity contribution in [3.63, 3.8) is 0 Å². The molecule has 0 saturated heterocycles. The van der Waals surface area contributed by atoms with E-state index in [2.05, 4.69) is 6.07 Å². The SMILES string of the molecule is CC(C=O)[C@]1(O)CC[C@H](c2cc[n+](-c3ccc(Cl)cc3)c3ccc(F)cc32)CC1. The molecule has 1 aromatic heterocycles. The second-order valence-electron chi connectivity index (χ2n) is 8.08. The van der Waals surface area contributed by atoms with Crippen molar-refractivity contribution < 1.29 is 18.9 Å². The third-order valence-corrected chi connectivity index (χ3v) is 6.63. The Kier molecular flexibility index (Phi) is 5.41. The maximum Gasteiger partial charge on any atom is 0.218 e. The van der Waals surface area contributed by atoms with Crippen molar-refractivity contribution in [2.24, 2.45) is 5.92 Å². The summed E-state index contributed by atoms with van der Waals surface area (Å²) in [4.78, 5) is 11.2. The van der Waals surface area contributed by atoms with Gasteiger partial charge < -0.3 is 9.90 Å². The van der Waals surface area contributed by atoms with Gasteiger partial charge in [0, 0.05) is 35.2 Å². The molecule has 2 aromatic carbocycles. The summed E-state index contributed by atoms with van der Waals surface area (Å²) in [5.41, 5.74) is 2.03. The van der Waals surface area contributed by atoms with E-state index >= 15 is 0 Å². The Labute approximate surface area is 174 Å². The summed E-state index contributed by atoms with van der Waals surface area (Å²) in [6.07, 6.45) is 5.52. The van der Waals surface area contributed by atoms with E-state index in [1.165, 1.54) is 6.07 Å². The lowest BCUT2D eigenvalue weighted by Gasteiger charge is -2.38. The van der Waals surface area contributed by atoms with E-state index in [1.807, 2.05) is 35.0 Å². The number of benzene rings is 2. The number of pyridine rings is 1. The number of nitrogens with zero attached hydrogens (tertiary/aromatic N) is 1. The summed E-state index contributed by atoms with van der Waals surface area (Å²) in [6, 6.07) is 14.5. The van der Waals surface area contributed by atoms with Crippen LogP contribution in [0.25, 0.3) is 16.6 Å². The van der Waals surface area contributed by atoms with Crippen LogP contribution in [0, 0.1) is 11.7 Å². The van der Waals surface area contributed by atoms with Gasteiger partial charge in [-0.3, -0.25) is 0 Å². The number of aldehydes is 1. The molecular weight excluding hydrogens is 389 g/mol. The molecule has 1 saturated carbocycles. The van der Waals surface area contributed by atoms with Gasteiger partial charge in [-0.05, 0) is 61.4 Å². The van der Waals surface area contributed by atoms with E-state index in [-0.39, 0.29) is 17.7 Å². The molecule has 29 heavy (non-hydrogen) atoms. The van der Waals surface area contributed by atoms with Gasteiger partial charge in [-0.2, -0.15) is 4.57 Å². The molecule has 4 rings (SSSR count). The van der Waals surface area contributed by atoms with Crippen molar-refractivity contribution in [1.82, 2.24) is 0 Å². The molecule has 1 fully saturated rings. The van der Waals surface area contributed by atoms with E-state index in [1.54, 1.807) is 19.1 Å². The van der Waals surface area contributed by atoms with Gasteiger partial charge in [0.1, 0.15) is 12.1 Å². The molecule has 0 bridgehead atoms. The Morgan fingerprint density at radius 2 is 1.86 bits per heavy atom. The molecule has 5 heteroatoms. The quantitative estimate of drug-likeness (QED) is 0.476. The average molecular weight is 413 g/mol. The largest absolute Gasteiger partial charge is 0.389 e. The zero-order valence-electron chi connectivity index (χ0n) is 16.3. The van der Waals surface area contributed by atoms with Crippen LogP contribution in [0.5, 0.6) is 0 Å². The highest BCUT2D eigenvalue weighted by molar-refractivity contribution is 6.30. The van der Waals surface area contributed by atoms with E-state index in [0.29, 0.717) is 17.9 Å². The normalized spacial score (nSPS) is 23.1. The molecule has 1 N–H and O–H groups in total. The van der Waals surface area contributed by atoms with Gasteiger partial charge in [0.05, 0.1) is 11.0 Å². The predicted octanol–water partition coefficient (Wildman–Crippen LogP) is 5.13. The number of aromatic nitrogens is 1. The summed E-state index contributed by atoms with van der Waals surface area (Å²) in [5, 5.41) is 12.3. The average Bonchev–Trinajstić information content (AvgIpc) is 2.73. The Bertz CT molecular complexity index is 1040. The topological polar surface area (TPSA) is 41.2 Å². The fraction of sp³-hybridized carbons (Fsp3) is 0.333. The van der Waals surface area contributed by atoms with Crippen molar-refractivity contribution >= 4 is 28.8 Å². The first kappa shape index (κ1) is 20.0. The van der Waals surface area contributed by atoms with E-state index < -0.39 is 5.60 Å². The highest BCUT2D eigenvalue weighted by atomic mass is 35.5. The second kappa shape index (κ2) is 7.85. The van der Waals surface area contributed by atoms with Gasteiger partial charge in [-0.15, -0.1) is 0 Å². The summed E-state index contributed by atoms with van der Waals surface area (Å²) in [5.74, 6) is -0.423. The zero-order chi connectivity index (χ0) is 20.6. The Hall–Kier alpha value is -2.30. The number of halogens is 2. The Morgan fingerprint density at radius 3 is 2.52 bits per heavy atom. The molecular formula is C24H24ClFNO2+. The maximum absolute atomic E-state index is 14.1. The number of hydrogen-bond acceptors (Lipinski definition) is 2. The molecule has 1 unspecified atom stereocenters. The van der Waals surface area contributed by atoms with Crippen molar-refractivity contribution in [3.8, 4) is 5.69 Å². The highest BCUT2D eigenvalue weighted by Crippen LogP contribution is 2.42. The smallest absolute Gasteiger partial charge is 0.218 e. The second-order valence-corrected chi connectivity index (χ2v) is 8.52. The number of aliphatic hydroxyl groups is 1. The standard InChI is InChI=1S/C24H24ClFNO2/c1-16(15-28)24(29)11-8-17(9-12-24)21-10-13-27(20-5-2-18(25)3-6-20)23-7-4-19(26)14-22(21)23/h2-7,10,13-17,29H,8-9,11-12H2,1H3/q+1/t16?,17-,24-. The van der Waals surface area contributed by atoms with Crippen LogP contribution in [-0.2, 0) is 4.79 Å². The molecule has 3 aromatic rings. The van der Waals surface area contributed by atoms with Crippen LogP contribution in [0.2, 0.25) is 5.02 Å². The van der Waals surface area contributed by atoms with E-state index in [9.17, 15) is 14.3 Å². The lowest BCUT2D eigenvalue weighted by atomic mass is 9.71. The minimum Gasteiger partial charge on any atom is -0.389 e. The Morgan fingerprint density at radius 1 is 1.17 bits per heavy atom. The maximum atomic E-state index is 14.1. The number of hydrogen-bond donors (Lipinski definition) is 1. The highest BCUT2D eigenvalue weighted by Gasteiger charge is 2.38. The van der Waals surface area contributed by atoms with Crippen LogP contribution in [0.3, 0.4) is 0 Å². The number of carbonyl (C=O) groups is 1. The lowest BCUT2D eigenvalue weighted by Crippen LogP contribution is -2.40. The van der Waals surface area contributed by atoms with Crippen LogP contribution in [0.4, 0.5) is 4.39 Å². The van der Waals surface area contributed by atoms with Crippen LogP contribution >= 0.6 is 11.6 Å². The van der Waals surface area contributed by atoms with Crippen molar-refractivity contribution in [2.45, 2.75) is 44.1 Å². The zero-order valence-corrected chi connectivity index (χ0v) is 17.1. The number of fused-ring (bicyclic) bond motifs is 1. The van der Waals surface area contributed by atoms with Gasteiger partial charge in [-0.25, -0.2) is 4.39 Å². The first-order valence-corrected chi connectivity index (χ1v) is 10.4. The molecule has 150 valence electrons. The molecule has 1 aliphatic rings. The molecule has 1 heterocycles. The minimum absolute atomic E-state index is 0.221. The van der Waals surface area contributed by atoms with Gasteiger partial charge in [0.25, 0.3) is 0 Å². The summed E-state index contributed by atoms with van der Waals surface area (Å²) in [7, 11) is 0. The Balaban J connectivity index is 1.73. The minimum atomic E-state index is -0.933. The van der Waals surface area contributed by atoms with E-state index in [0.717, 1.165) is 41.3 Å². The molecule has 1 aliphatic carbocycles. The monoisotopic (exact) mass is 412 g/mol. The molecule has 0 radical (unpaired) electrons. The lowest BCUT2D eigenvalue weighted by molar-refractivity contribution is -0.567. The van der Waals surface area contributed by atoms with Crippen molar-refractivity contribution in [3.05, 3.63) is 71.1 Å². The third-order valence-electron chi connectivity index (χ3n) is 6.38. The van der Waals surface area contributed by atoms with Gasteiger partial charge in [0.2, 0.25) is 11.2 Å². The van der Waals surface area contributed by atoms with Gasteiger partial charge in [0.15, 0.2) is 6.20 Å². The van der Waals surface area contributed by atoms with Gasteiger partial charge in [-0.1, -0.05) is 18.5 Å². The van der Waals surface area contributed by atoms with E-state index in [4.69, 9.17) is 11.6 Å². The van der Waals surface area contributed by atoms with Crippen molar-refractivity contribution in [1.29, 1.82) is 0 Å². The van der Waals surface area contributed by atoms with Crippen LogP contribution in [-0.4, -0.2) is 17.0 Å². The fourth-order valence-electron chi connectivity index (χ4n) is 4.47. The third kappa shape index (κ3) is 3.79. The fourth-order valence-corrected chi connectivity index (χ4v) is 4.59. The summed E-state index contributed by atoms with van der Waals surface area (Å²) in [6.45, 7) is 1.77. The molecule has 0 aliphatic heterocycles. The van der Waals surface area contributed by atoms with Crippen LogP contribution < -0.4 is 4.57 Å². The summed E-state index contributed by atoms with van der Waals surface area (Å²) >= 11 is 6.02. The first-order chi connectivity index (χ1) is 13.9. The molecule has 0 spiro atoms. The predicted molar refractivity (Wildman–Crippen MR) is 112 cm³/mol. The van der Waals surface area contributed by atoms with Gasteiger partial charge >= 0.3 is 0 Å². The van der Waals surface area contributed by atoms with Crippen LogP contribution in [0.1, 0.15) is 44.1 Å². The number of rotatable bonds is 4. The first-order valence-electron chi connectivity index (χ1n) is 9.99. The molecule has 3 nitrogen and oxygen atoms in total. The van der Waals surface area contributed by atoms with Crippen LogP contribution in [0.15, 0.2) is 54.7 Å².